The molecule has 1 aliphatic carbocycles. The van der Waals surface area contributed by atoms with E-state index in [1.165, 1.54) is 59.9 Å². The predicted octanol–water partition coefficient (Wildman–Crippen LogP) is 10.8. The standard InChI is InChI=1S/C36H47Cl/c1-26-14-18-29(19-15-26)34(5,6)35(7,30-20-16-27(2)17-21-30)36(8,31-22-24-32(37)25-23-31)33(3,4)28-12-10-9-11-13-28/h14-25,28H,9-13H2,1-8H3. The van der Waals surface area contributed by atoms with Gasteiger partial charge in [-0.25, -0.2) is 0 Å². The van der Waals surface area contributed by atoms with Crippen LogP contribution in [0.5, 0.6) is 0 Å². The highest BCUT2D eigenvalue weighted by molar-refractivity contribution is 6.30. The molecule has 1 aliphatic rings. The SMILES string of the molecule is Cc1ccc(C(C)(C)C(C)(c2ccc(C)cc2)C(C)(c2ccc(Cl)cc2)C(C)(C)C2CCCCC2)cc1. The summed E-state index contributed by atoms with van der Waals surface area (Å²) in [5.74, 6) is 0.667. The maximum Gasteiger partial charge on any atom is 0.0406 e. The van der Waals surface area contributed by atoms with E-state index >= 15 is 0 Å². The fourth-order valence-electron chi connectivity index (χ4n) is 7.74. The van der Waals surface area contributed by atoms with Gasteiger partial charge in [-0.15, -0.1) is 0 Å². The first-order valence-electron chi connectivity index (χ1n) is 14.3. The van der Waals surface area contributed by atoms with Crippen LogP contribution in [-0.2, 0) is 16.2 Å². The molecule has 1 saturated carbocycles. The van der Waals surface area contributed by atoms with Crippen LogP contribution in [-0.4, -0.2) is 0 Å². The smallest absolute Gasteiger partial charge is 0.0406 e. The molecule has 37 heavy (non-hydrogen) atoms. The van der Waals surface area contributed by atoms with E-state index in [2.05, 4.69) is 128 Å². The van der Waals surface area contributed by atoms with Crippen LogP contribution in [0.2, 0.25) is 5.02 Å². The molecular weight excluding hydrogens is 468 g/mol. The number of halogens is 1. The predicted molar refractivity (Wildman–Crippen MR) is 162 cm³/mol. The maximum absolute atomic E-state index is 6.47. The minimum Gasteiger partial charge on any atom is -0.0843 e. The molecule has 0 heterocycles. The first kappa shape index (κ1) is 28.0. The Morgan fingerprint density at radius 1 is 0.541 bits per heavy atom. The van der Waals surface area contributed by atoms with Crippen molar-refractivity contribution in [2.24, 2.45) is 11.3 Å². The van der Waals surface area contributed by atoms with Crippen LogP contribution >= 0.6 is 11.6 Å². The Hall–Kier alpha value is -2.05. The van der Waals surface area contributed by atoms with E-state index in [1.54, 1.807) is 0 Å². The van der Waals surface area contributed by atoms with Crippen molar-refractivity contribution in [3.8, 4) is 0 Å². The molecule has 1 fully saturated rings. The summed E-state index contributed by atoms with van der Waals surface area (Å²) in [6, 6.07) is 27.5. The van der Waals surface area contributed by atoms with Gasteiger partial charge in [0.25, 0.3) is 0 Å². The molecule has 0 amide bonds. The molecule has 0 saturated heterocycles. The second kappa shape index (κ2) is 10.3. The number of hydrogen-bond donors (Lipinski definition) is 0. The quantitative estimate of drug-likeness (QED) is 0.294. The molecule has 3 aromatic rings. The second-order valence-corrected chi connectivity index (χ2v) is 13.6. The summed E-state index contributed by atoms with van der Waals surface area (Å²) in [4.78, 5) is 0. The lowest BCUT2D eigenvalue weighted by atomic mass is 9.39. The second-order valence-electron chi connectivity index (χ2n) is 13.2. The minimum atomic E-state index is -0.224. The van der Waals surface area contributed by atoms with E-state index in [0.717, 1.165) is 5.02 Å². The molecule has 0 N–H and O–H groups in total. The van der Waals surface area contributed by atoms with E-state index in [4.69, 9.17) is 11.6 Å². The topological polar surface area (TPSA) is 0 Å². The Balaban J connectivity index is 2.08. The van der Waals surface area contributed by atoms with E-state index < -0.39 is 0 Å². The van der Waals surface area contributed by atoms with Crippen LogP contribution < -0.4 is 0 Å². The van der Waals surface area contributed by atoms with Gasteiger partial charge in [0.15, 0.2) is 0 Å². The lowest BCUT2D eigenvalue weighted by molar-refractivity contribution is -0.0179. The highest BCUT2D eigenvalue weighted by Crippen LogP contribution is 2.65. The van der Waals surface area contributed by atoms with Crippen molar-refractivity contribution in [3.63, 3.8) is 0 Å². The maximum atomic E-state index is 6.47. The molecule has 0 aromatic heterocycles. The third-order valence-electron chi connectivity index (χ3n) is 11.0. The normalized spacial score (nSPS) is 18.7. The zero-order valence-electron chi connectivity index (χ0n) is 24.4. The summed E-state index contributed by atoms with van der Waals surface area (Å²) >= 11 is 6.47. The zero-order valence-corrected chi connectivity index (χ0v) is 25.2. The van der Waals surface area contributed by atoms with Gasteiger partial charge in [0, 0.05) is 15.9 Å². The number of hydrogen-bond acceptors (Lipinski definition) is 0. The van der Waals surface area contributed by atoms with Gasteiger partial charge in [-0.05, 0) is 72.3 Å². The van der Waals surface area contributed by atoms with Crippen LogP contribution in [0, 0.1) is 25.2 Å². The van der Waals surface area contributed by atoms with E-state index in [0.29, 0.717) is 5.92 Å². The average Bonchev–Trinajstić information content (AvgIpc) is 2.89. The Morgan fingerprint density at radius 3 is 1.43 bits per heavy atom. The molecule has 2 unspecified atom stereocenters. The first-order chi connectivity index (χ1) is 17.4. The Kier molecular flexibility index (Phi) is 7.75. The van der Waals surface area contributed by atoms with Gasteiger partial charge in [0.1, 0.15) is 0 Å². The van der Waals surface area contributed by atoms with Crippen LogP contribution in [0.4, 0.5) is 0 Å². The van der Waals surface area contributed by atoms with Gasteiger partial charge in [0.2, 0.25) is 0 Å². The first-order valence-corrected chi connectivity index (χ1v) is 14.6. The van der Waals surface area contributed by atoms with Gasteiger partial charge >= 0.3 is 0 Å². The molecule has 3 aromatic carbocycles. The molecular formula is C36H47Cl. The van der Waals surface area contributed by atoms with Gasteiger partial charge in [-0.1, -0.05) is 144 Å². The fraction of sp³-hybridized carbons (Fsp3) is 0.500. The number of benzene rings is 3. The van der Waals surface area contributed by atoms with Crippen molar-refractivity contribution in [1.82, 2.24) is 0 Å². The molecule has 0 radical (unpaired) electrons. The molecule has 1 heteroatoms. The fourth-order valence-corrected chi connectivity index (χ4v) is 7.87. The largest absolute Gasteiger partial charge is 0.0843 e. The summed E-state index contributed by atoms with van der Waals surface area (Å²) < 4.78 is 0. The van der Waals surface area contributed by atoms with Crippen LogP contribution in [0.1, 0.15) is 101 Å². The molecule has 0 spiro atoms. The van der Waals surface area contributed by atoms with E-state index in [1.807, 2.05) is 0 Å². The average molecular weight is 515 g/mol. The van der Waals surface area contributed by atoms with Gasteiger partial charge in [-0.3, -0.25) is 0 Å². The van der Waals surface area contributed by atoms with Crippen molar-refractivity contribution in [3.05, 3.63) is 106 Å². The zero-order chi connectivity index (χ0) is 27.1. The summed E-state index contributed by atoms with van der Waals surface area (Å²) in [6.45, 7) is 19.6. The number of rotatable bonds is 7. The van der Waals surface area contributed by atoms with Crippen molar-refractivity contribution in [1.29, 1.82) is 0 Å². The van der Waals surface area contributed by atoms with E-state index in [9.17, 15) is 0 Å². The Morgan fingerprint density at radius 2 is 0.946 bits per heavy atom. The lowest BCUT2D eigenvalue weighted by Gasteiger charge is -2.64. The Labute approximate surface area is 231 Å². The van der Waals surface area contributed by atoms with Crippen LogP contribution in [0.25, 0.3) is 0 Å². The van der Waals surface area contributed by atoms with Gasteiger partial charge < -0.3 is 0 Å². The summed E-state index contributed by atoms with van der Waals surface area (Å²) in [6.07, 6.45) is 6.67. The van der Waals surface area contributed by atoms with Gasteiger partial charge in [0.05, 0.1) is 0 Å². The highest BCUT2D eigenvalue weighted by atomic mass is 35.5. The molecule has 198 valence electrons. The van der Waals surface area contributed by atoms with Gasteiger partial charge in [-0.2, -0.15) is 0 Å². The molecule has 0 bridgehead atoms. The monoisotopic (exact) mass is 514 g/mol. The number of aryl methyl sites for hydroxylation is 2. The van der Waals surface area contributed by atoms with Crippen molar-refractivity contribution in [2.45, 2.75) is 104 Å². The highest BCUT2D eigenvalue weighted by Gasteiger charge is 2.63. The summed E-state index contributed by atoms with van der Waals surface area (Å²) in [5.41, 5.74) is 6.27. The summed E-state index contributed by atoms with van der Waals surface area (Å²) in [7, 11) is 0. The molecule has 0 nitrogen and oxygen atoms in total. The Bertz CT molecular complexity index is 1180. The van der Waals surface area contributed by atoms with Crippen molar-refractivity contribution in [2.75, 3.05) is 0 Å². The lowest BCUT2D eigenvalue weighted by Crippen LogP contribution is -2.64. The third-order valence-corrected chi connectivity index (χ3v) is 11.2. The van der Waals surface area contributed by atoms with Crippen molar-refractivity contribution >= 4 is 11.6 Å². The molecule has 0 aliphatic heterocycles. The third kappa shape index (κ3) is 4.58. The van der Waals surface area contributed by atoms with Crippen LogP contribution in [0.15, 0.2) is 72.8 Å². The van der Waals surface area contributed by atoms with Crippen LogP contribution in [0.3, 0.4) is 0 Å². The summed E-state index contributed by atoms with van der Waals surface area (Å²) in [5, 5.41) is 0.802. The van der Waals surface area contributed by atoms with E-state index in [-0.39, 0.29) is 21.7 Å². The molecule has 2 atom stereocenters. The minimum absolute atomic E-state index is 0.0445. The molecule has 4 rings (SSSR count). The van der Waals surface area contributed by atoms with Crippen molar-refractivity contribution < 1.29 is 0 Å².